The Kier molecular flexibility index (Phi) is 3.19. The van der Waals surface area contributed by atoms with Crippen LogP contribution in [0.25, 0.3) is 0 Å². The van der Waals surface area contributed by atoms with Crippen LogP contribution in [0.4, 0.5) is 0 Å². The molecule has 0 fully saturated rings. The smallest absolute Gasteiger partial charge is 0.176 e. The Balaban J connectivity index is 2.00. The number of nitrogens with zero attached hydrogens (tertiary/aromatic N) is 1. The minimum Gasteiger partial charge on any atom is -0.493 e. The molecule has 1 aliphatic rings. The van der Waals surface area contributed by atoms with Crippen molar-refractivity contribution < 1.29 is 9.53 Å². The number of benzene rings is 1. The summed E-state index contributed by atoms with van der Waals surface area (Å²) in [5.41, 5.74) is 3.08. The van der Waals surface area contributed by atoms with Gasteiger partial charge in [-0.2, -0.15) is 0 Å². The number of hydrogen-bond acceptors (Lipinski definition) is 2. The minimum absolute atomic E-state index is 0.0811. The zero-order chi connectivity index (χ0) is 13.4. The topological polar surface area (TPSA) is 31.2 Å². The summed E-state index contributed by atoms with van der Waals surface area (Å²) >= 11 is 3.54. The molecular weight excluding hydrogens is 306 g/mol. The Hall–Kier alpha value is -1.55. The van der Waals surface area contributed by atoms with Crippen LogP contribution in [-0.2, 0) is 13.0 Å². The maximum atomic E-state index is 11.6. The van der Waals surface area contributed by atoms with Crippen LogP contribution in [0, 0.1) is 0 Å². The van der Waals surface area contributed by atoms with E-state index in [-0.39, 0.29) is 5.78 Å². The Morgan fingerprint density at radius 1 is 1.47 bits per heavy atom. The molecule has 1 aliphatic heterocycles. The highest BCUT2D eigenvalue weighted by Gasteiger charge is 2.18. The van der Waals surface area contributed by atoms with E-state index in [2.05, 4.69) is 28.1 Å². The number of Topliss-reactive ketones (excluding diaryl/α,β-unsaturated/α-hetero) is 1. The van der Waals surface area contributed by atoms with E-state index in [1.165, 1.54) is 5.56 Å². The van der Waals surface area contributed by atoms with Crippen molar-refractivity contribution in [2.24, 2.45) is 0 Å². The SMILES string of the molecule is CC(=O)c1cccn1Cc1cc(Br)cc2c1OCC2. The molecule has 1 aromatic carbocycles. The van der Waals surface area contributed by atoms with Crippen LogP contribution in [0.5, 0.6) is 5.75 Å². The average Bonchev–Trinajstić information content (AvgIpc) is 2.96. The molecule has 0 radical (unpaired) electrons. The van der Waals surface area contributed by atoms with Gasteiger partial charge in [-0.05, 0) is 29.8 Å². The number of fused-ring (bicyclic) bond motifs is 1. The number of rotatable bonds is 3. The molecule has 0 amide bonds. The van der Waals surface area contributed by atoms with Gasteiger partial charge in [0.15, 0.2) is 5.78 Å². The summed E-state index contributed by atoms with van der Waals surface area (Å²) < 4.78 is 8.74. The number of halogens is 1. The summed E-state index contributed by atoms with van der Waals surface area (Å²) in [4.78, 5) is 11.6. The average molecular weight is 320 g/mol. The molecule has 3 nitrogen and oxygen atoms in total. The molecule has 0 spiro atoms. The predicted octanol–water partition coefficient (Wildman–Crippen LogP) is 3.44. The van der Waals surface area contributed by atoms with Crippen LogP contribution in [0.15, 0.2) is 34.9 Å². The fraction of sp³-hybridized carbons (Fsp3) is 0.267. The first-order valence-electron chi connectivity index (χ1n) is 6.25. The summed E-state index contributed by atoms with van der Waals surface area (Å²) in [6.07, 6.45) is 2.88. The van der Waals surface area contributed by atoms with Gasteiger partial charge < -0.3 is 9.30 Å². The molecule has 19 heavy (non-hydrogen) atoms. The molecule has 0 saturated heterocycles. The largest absolute Gasteiger partial charge is 0.493 e. The van der Waals surface area contributed by atoms with Gasteiger partial charge >= 0.3 is 0 Å². The molecule has 0 unspecified atom stereocenters. The molecule has 0 saturated carbocycles. The summed E-state index contributed by atoms with van der Waals surface area (Å²) in [6.45, 7) is 2.99. The fourth-order valence-corrected chi connectivity index (χ4v) is 3.07. The Labute approximate surface area is 120 Å². The maximum absolute atomic E-state index is 11.6. The summed E-state index contributed by atoms with van der Waals surface area (Å²) in [6, 6.07) is 7.92. The third-order valence-electron chi connectivity index (χ3n) is 3.36. The second kappa shape index (κ2) is 4.85. The molecule has 4 heteroatoms. The van der Waals surface area contributed by atoms with Crippen LogP contribution in [0.1, 0.15) is 28.5 Å². The van der Waals surface area contributed by atoms with Crippen LogP contribution in [0.2, 0.25) is 0 Å². The van der Waals surface area contributed by atoms with Gasteiger partial charge in [0, 0.05) is 29.6 Å². The van der Waals surface area contributed by atoms with Gasteiger partial charge in [-0.3, -0.25) is 4.79 Å². The first-order chi connectivity index (χ1) is 9.15. The number of ether oxygens (including phenoxy) is 1. The van der Waals surface area contributed by atoms with Crippen molar-refractivity contribution in [1.29, 1.82) is 0 Å². The van der Waals surface area contributed by atoms with E-state index in [1.807, 2.05) is 22.9 Å². The van der Waals surface area contributed by atoms with E-state index in [9.17, 15) is 4.79 Å². The molecule has 0 N–H and O–H groups in total. The molecule has 0 bridgehead atoms. The highest BCUT2D eigenvalue weighted by molar-refractivity contribution is 9.10. The van der Waals surface area contributed by atoms with Crippen molar-refractivity contribution in [3.8, 4) is 5.75 Å². The van der Waals surface area contributed by atoms with Crippen LogP contribution in [0.3, 0.4) is 0 Å². The number of carbonyl (C=O) groups is 1. The normalized spacial score (nSPS) is 13.2. The summed E-state index contributed by atoms with van der Waals surface area (Å²) in [7, 11) is 0. The maximum Gasteiger partial charge on any atom is 0.176 e. The lowest BCUT2D eigenvalue weighted by atomic mass is 10.1. The molecule has 0 atom stereocenters. The Bertz CT molecular complexity index is 646. The van der Waals surface area contributed by atoms with Crippen molar-refractivity contribution in [3.63, 3.8) is 0 Å². The van der Waals surface area contributed by atoms with E-state index < -0.39 is 0 Å². The van der Waals surface area contributed by atoms with Crippen molar-refractivity contribution in [1.82, 2.24) is 4.57 Å². The molecular formula is C15H14BrNO2. The fourth-order valence-electron chi connectivity index (χ4n) is 2.52. The molecule has 3 rings (SSSR count). The van der Waals surface area contributed by atoms with E-state index in [4.69, 9.17) is 4.74 Å². The number of hydrogen-bond donors (Lipinski definition) is 0. The van der Waals surface area contributed by atoms with Crippen LogP contribution >= 0.6 is 15.9 Å². The van der Waals surface area contributed by atoms with Crippen LogP contribution < -0.4 is 4.74 Å². The molecule has 2 aromatic rings. The minimum atomic E-state index is 0.0811. The number of aromatic nitrogens is 1. The lowest BCUT2D eigenvalue weighted by Gasteiger charge is -2.12. The van der Waals surface area contributed by atoms with Gasteiger partial charge in [-0.15, -0.1) is 0 Å². The van der Waals surface area contributed by atoms with E-state index in [1.54, 1.807) is 6.92 Å². The number of ketones is 1. The summed E-state index contributed by atoms with van der Waals surface area (Å²) in [5.74, 6) is 1.06. The Morgan fingerprint density at radius 2 is 2.32 bits per heavy atom. The van der Waals surface area contributed by atoms with Gasteiger partial charge in [-0.1, -0.05) is 15.9 Å². The van der Waals surface area contributed by atoms with Gasteiger partial charge in [-0.25, -0.2) is 0 Å². The van der Waals surface area contributed by atoms with E-state index in [0.717, 1.165) is 34.5 Å². The third kappa shape index (κ3) is 2.32. The van der Waals surface area contributed by atoms with Crippen molar-refractivity contribution >= 4 is 21.7 Å². The first kappa shape index (κ1) is 12.5. The highest BCUT2D eigenvalue weighted by atomic mass is 79.9. The van der Waals surface area contributed by atoms with Gasteiger partial charge in [0.2, 0.25) is 0 Å². The highest BCUT2D eigenvalue weighted by Crippen LogP contribution is 2.33. The monoisotopic (exact) mass is 319 g/mol. The van der Waals surface area contributed by atoms with Crippen molar-refractivity contribution in [2.45, 2.75) is 19.9 Å². The third-order valence-corrected chi connectivity index (χ3v) is 3.81. The second-order valence-corrected chi connectivity index (χ2v) is 5.64. The zero-order valence-corrected chi connectivity index (χ0v) is 12.2. The molecule has 98 valence electrons. The lowest BCUT2D eigenvalue weighted by molar-refractivity contribution is 0.100. The van der Waals surface area contributed by atoms with Gasteiger partial charge in [0.25, 0.3) is 0 Å². The summed E-state index contributed by atoms with van der Waals surface area (Å²) in [5, 5.41) is 0. The lowest BCUT2D eigenvalue weighted by Crippen LogP contribution is -2.07. The van der Waals surface area contributed by atoms with Gasteiger partial charge in [0.1, 0.15) is 5.75 Å². The standard InChI is InChI=1S/C15H14BrNO2/c1-10(18)14-3-2-5-17(14)9-12-8-13(16)7-11-4-6-19-15(11)12/h2-3,5,7-8H,4,6,9H2,1H3. The van der Waals surface area contributed by atoms with Crippen molar-refractivity contribution in [3.05, 3.63) is 51.8 Å². The zero-order valence-electron chi connectivity index (χ0n) is 10.6. The quantitative estimate of drug-likeness (QED) is 0.811. The predicted molar refractivity (Wildman–Crippen MR) is 76.9 cm³/mol. The molecule has 2 heterocycles. The van der Waals surface area contributed by atoms with E-state index in [0.29, 0.717) is 6.54 Å². The van der Waals surface area contributed by atoms with Crippen LogP contribution in [-0.4, -0.2) is 17.0 Å². The molecule has 1 aromatic heterocycles. The Morgan fingerprint density at radius 3 is 3.11 bits per heavy atom. The van der Waals surface area contributed by atoms with E-state index >= 15 is 0 Å². The molecule has 0 aliphatic carbocycles. The van der Waals surface area contributed by atoms with Gasteiger partial charge in [0.05, 0.1) is 18.8 Å². The number of carbonyl (C=O) groups excluding carboxylic acids is 1. The first-order valence-corrected chi connectivity index (χ1v) is 7.04. The second-order valence-electron chi connectivity index (χ2n) is 4.73. The van der Waals surface area contributed by atoms with Crippen molar-refractivity contribution in [2.75, 3.05) is 6.61 Å².